The fraction of sp³-hybridized carbons (Fsp3) is 0.857. The van der Waals surface area contributed by atoms with E-state index in [9.17, 15) is 4.79 Å². The van der Waals surface area contributed by atoms with Gasteiger partial charge in [0.25, 0.3) is 0 Å². The van der Waals surface area contributed by atoms with Crippen LogP contribution in [-0.4, -0.2) is 11.1 Å². The number of rotatable bonds is 2. The number of carbonyl (C=O) groups is 1. The van der Waals surface area contributed by atoms with Crippen LogP contribution in [-0.2, 0) is 4.79 Å². The summed E-state index contributed by atoms with van der Waals surface area (Å²) in [6.07, 6.45) is 3.42. The van der Waals surface area contributed by atoms with Gasteiger partial charge in [-0.2, -0.15) is 0 Å². The van der Waals surface area contributed by atoms with E-state index in [1.165, 1.54) is 6.42 Å². The molecule has 0 aromatic carbocycles. The number of hydrogen-bond donors (Lipinski definition) is 0. The van der Waals surface area contributed by atoms with Gasteiger partial charge in [-0.25, -0.2) is 0 Å². The molecule has 1 aliphatic carbocycles. The van der Waals surface area contributed by atoms with Crippen molar-refractivity contribution in [3.63, 3.8) is 0 Å². The molecule has 0 atom stereocenters. The Morgan fingerprint density at radius 3 is 2.33 bits per heavy atom. The summed E-state index contributed by atoms with van der Waals surface area (Å²) >= 11 is 3.18. The molecule has 0 radical (unpaired) electrons. The lowest BCUT2D eigenvalue weighted by atomic mass is 9.68. The third-order valence-electron chi connectivity index (χ3n) is 2.25. The third kappa shape index (κ3) is 1.18. The highest BCUT2D eigenvalue weighted by Crippen LogP contribution is 2.41. The number of hydrogen-bond acceptors (Lipinski definition) is 1. The Kier molecular flexibility index (Phi) is 1.94. The Hall–Kier alpha value is 0.150. The molecule has 0 amide bonds. The van der Waals surface area contributed by atoms with Crippen molar-refractivity contribution < 1.29 is 4.79 Å². The zero-order valence-corrected chi connectivity index (χ0v) is 7.20. The molecule has 1 aliphatic rings. The molecule has 0 saturated heterocycles. The molecule has 0 spiro atoms. The zero-order valence-electron chi connectivity index (χ0n) is 5.61. The Balaban J connectivity index is 2.49. The van der Waals surface area contributed by atoms with E-state index in [0.29, 0.717) is 11.1 Å². The molecule has 0 unspecified atom stereocenters. The summed E-state index contributed by atoms with van der Waals surface area (Å²) in [5, 5.41) is 0.531. The van der Waals surface area contributed by atoms with E-state index in [0.717, 1.165) is 12.8 Å². The van der Waals surface area contributed by atoms with Crippen LogP contribution in [0.5, 0.6) is 0 Å². The maximum atomic E-state index is 11.1. The van der Waals surface area contributed by atoms with E-state index >= 15 is 0 Å². The molecule has 1 nitrogen and oxygen atoms in total. The lowest BCUT2D eigenvalue weighted by Gasteiger charge is -2.36. The summed E-state index contributed by atoms with van der Waals surface area (Å²) in [6, 6.07) is 0. The van der Waals surface area contributed by atoms with Crippen molar-refractivity contribution in [2.75, 3.05) is 5.33 Å². The summed E-state index contributed by atoms with van der Waals surface area (Å²) in [4.78, 5) is 11.1. The average Bonchev–Trinajstić information content (AvgIpc) is 1.81. The quantitative estimate of drug-likeness (QED) is 0.611. The molecule has 0 aromatic rings. The van der Waals surface area contributed by atoms with Gasteiger partial charge in [0.2, 0.25) is 0 Å². The van der Waals surface area contributed by atoms with Crippen molar-refractivity contribution in [3.8, 4) is 0 Å². The second-order valence-corrected chi connectivity index (χ2v) is 3.53. The Morgan fingerprint density at radius 1 is 1.67 bits per heavy atom. The minimum Gasteiger partial charge on any atom is -0.298 e. The Labute approximate surface area is 64.0 Å². The molecule has 1 rings (SSSR count). The lowest BCUT2D eigenvalue weighted by molar-refractivity contribution is -0.129. The van der Waals surface area contributed by atoms with Gasteiger partial charge in [0.05, 0.1) is 5.33 Å². The van der Waals surface area contributed by atoms with Crippen LogP contribution in [0.1, 0.15) is 26.2 Å². The van der Waals surface area contributed by atoms with Crippen molar-refractivity contribution in [2.45, 2.75) is 26.2 Å². The highest BCUT2D eigenvalue weighted by molar-refractivity contribution is 9.09. The van der Waals surface area contributed by atoms with Gasteiger partial charge in [-0.15, -0.1) is 0 Å². The first-order valence-corrected chi connectivity index (χ1v) is 4.40. The van der Waals surface area contributed by atoms with Crippen molar-refractivity contribution >= 4 is 21.7 Å². The van der Waals surface area contributed by atoms with Crippen molar-refractivity contribution in [1.29, 1.82) is 0 Å². The van der Waals surface area contributed by atoms with Crippen LogP contribution in [0.3, 0.4) is 0 Å². The molecule has 0 heterocycles. The monoisotopic (exact) mass is 190 g/mol. The molecular formula is C7H11BrO. The van der Waals surface area contributed by atoms with Gasteiger partial charge in [-0.3, -0.25) is 4.79 Å². The van der Waals surface area contributed by atoms with Gasteiger partial charge < -0.3 is 0 Å². The Morgan fingerprint density at radius 2 is 2.22 bits per heavy atom. The molecular weight excluding hydrogens is 180 g/mol. The number of ketones is 1. The zero-order chi connectivity index (χ0) is 6.91. The van der Waals surface area contributed by atoms with E-state index in [1.54, 1.807) is 0 Å². The SMILES string of the molecule is CC1(C(=O)CBr)CCC1. The van der Waals surface area contributed by atoms with Crippen LogP contribution in [0.2, 0.25) is 0 Å². The fourth-order valence-corrected chi connectivity index (χ4v) is 1.82. The summed E-state index contributed by atoms with van der Waals surface area (Å²) in [5.41, 5.74) is 0.0451. The first-order chi connectivity index (χ1) is 4.19. The van der Waals surface area contributed by atoms with Crippen molar-refractivity contribution in [1.82, 2.24) is 0 Å². The highest BCUT2D eigenvalue weighted by atomic mass is 79.9. The van der Waals surface area contributed by atoms with Crippen LogP contribution in [0.25, 0.3) is 0 Å². The number of carbonyl (C=O) groups excluding carboxylic acids is 1. The largest absolute Gasteiger partial charge is 0.298 e. The molecule has 2 heteroatoms. The van der Waals surface area contributed by atoms with E-state index < -0.39 is 0 Å². The molecule has 9 heavy (non-hydrogen) atoms. The van der Waals surface area contributed by atoms with Gasteiger partial charge in [0.15, 0.2) is 0 Å². The van der Waals surface area contributed by atoms with Crippen molar-refractivity contribution in [3.05, 3.63) is 0 Å². The fourth-order valence-electron chi connectivity index (χ4n) is 1.15. The second-order valence-electron chi connectivity index (χ2n) is 2.97. The van der Waals surface area contributed by atoms with Gasteiger partial charge in [0, 0.05) is 5.41 Å². The third-order valence-corrected chi connectivity index (χ3v) is 2.76. The smallest absolute Gasteiger partial charge is 0.149 e. The first kappa shape index (κ1) is 7.26. The number of Topliss-reactive ketones (excluding diaryl/α,β-unsaturated/α-hetero) is 1. The van der Waals surface area contributed by atoms with E-state index in [4.69, 9.17) is 0 Å². The summed E-state index contributed by atoms with van der Waals surface area (Å²) in [6.45, 7) is 2.06. The molecule has 0 aromatic heterocycles. The minimum absolute atomic E-state index is 0.0451. The Bertz CT molecular complexity index is 127. The summed E-state index contributed by atoms with van der Waals surface area (Å²) in [5.74, 6) is 0.369. The molecule has 0 bridgehead atoms. The minimum atomic E-state index is 0.0451. The normalized spacial score (nSPS) is 22.9. The van der Waals surface area contributed by atoms with Gasteiger partial charge in [0.1, 0.15) is 5.78 Å². The van der Waals surface area contributed by atoms with Gasteiger partial charge in [-0.1, -0.05) is 29.3 Å². The molecule has 0 N–H and O–H groups in total. The van der Waals surface area contributed by atoms with Crippen LogP contribution in [0.4, 0.5) is 0 Å². The first-order valence-electron chi connectivity index (χ1n) is 3.28. The molecule has 52 valence electrons. The number of halogens is 1. The van der Waals surface area contributed by atoms with Crippen LogP contribution in [0.15, 0.2) is 0 Å². The second kappa shape index (κ2) is 2.41. The van der Waals surface area contributed by atoms with Crippen LogP contribution >= 0.6 is 15.9 Å². The highest BCUT2D eigenvalue weighted by Gasteiger charge is 2.37. The van der Waals surface area contributed by atoms with E-state index in [1.807, 2.05) is 0 Å². The topological polar surface area (TPSA) is 17.1 Å². The maximum Gasteiger partial charge on any atom is 0.149 e. The van der Waals surface area contributed by atoms with E-state index in [2.05, 4.69) is 22.9 Å². The molecule has 0 aliphatic heterocycles. The summed E-state index contributed by atoms with van der Waals surface area (Å²) in [7, 11) is 0. The predicted molar refractivity (Wildman–Crippen MR) is 40.8 cm³/mol. The standard InChI is InChI=1S/C7H11BrO/c1-7(3-2-4-7)6(9)5-8/h2-5H2,1H3. The molecule has 1 saturated carbocycles. The van der Waals surface area contributed by atoms with Crippen molar-refractivity contribution in [2.24, 2.45) is 5.41 Å². The molecule has 1 fully saturated rings. The van der Waals surface area contributed by atoms with Gasteiger partial charge >= 0.3 is 0 Å². The predicted octanol–water partition coefficient (Wildman–Crippen LogP) is 2.14. The van der Waals surface area contributed by atoms with Gasteiger partial charge in [-0.05, 0) is 12.8 Å². The van der Waals surface area contributed by atoms with E-state index in [-0.39, 0.29) is 5.41 Å². The maximum absolute atomic E-state index is 11.1. The number of alkyl halides is 1. The van der Waals surface area contributed by atoms with Crippen LogP contribution < -0.4 is 0 Å². The lowest BCUT2D eigenvalue weighted by Crippen LogP contribution is -2.35. The van der Waals surface area contributed by atoms with Crippen LogP contribution in [0, 0.1) is 5.41 Å². The summed E-state index contributed by atoms with van der Waals surface area (Å²) < 4.78 is 0. The average molecular weight is 191 g/mol.